The second-order valence-electron chi connectivity index (χ2n) is 3.71. The van der Waals surface area contributed by atoms with E-state index in [9.17, 15) is 9.18 Å². The average molecular weight is 209 g/mol. The van der Waals surface area contributed by atoms with Crippen molar-refractivity contribution in [3.8, 4) is 0 Å². The van der Waals surface area contributed by atoms with Crippen molar-refractivity contribution >= 4 is 5.97 Å². The van der Waals surface area contributed by atoms with Crippen LogP contribution in [0.4, 0.5) is 4.39 Å². The number of nitrogens with one attached hydrogen (secondary N) is 1. The Bertz CT molecular complexity index is 392. The highest BCUT2D eigenvalue weighted by atomic mass is 19.1. The van der Waals surface area contributed by atoms with Gasteiger partial charge in [-0.3, -0.25) is 4.79 Å². The van der Waals surface area contributed by atoms with Crippen LogP contribution in [-0.4, -0.2) is 23.7 Å². The summed E-state index contributed by atoms with van der Waals surface area (Å²) in [4.78, 5) is 10.8. The van der Waals surface area contributed by atoms with Gasteiger partial charge in [-0.2, -0.15) is 0 Å². The molecule has 1 aliphatic rings. The van der Waals surface area contributed by atoms with Gasteiger partial charge in [-0.15, -0.1) is 0 Å². The Morgan fingerprint density at radius 3 is 3.00 bits per heavy atom. The molecule has 0 saturated heterocycles. The number of fused-ring (bicyclic) bond motifs is 1. The summed E-state index contributed by atoms with van der Waals surface area (Å²) < 4.78 is 12.9. The molecular formula is C11H12FNO2. The Kier molecular flexibility index (Phi) is 2.68. The monoisotopic (exact) mass is 209 g/mol. The van der Waals surface area contributed by atoms with E-state index in [0.29, 0.717) is 19.4 Å². The number of hydrogen-bond acceptors (Lipinski definition) is 2. The summed E-state index contributed by atoms with van der Waals surface area (Å²) in [5, 5.41) is 11.8. The van der Waals surface area contributed by atoms with Crippen molar-refractivity contribution in [1.82, 2.24) is 5.32 Å². The summed E-state index contributed by atoms with van der Waals surface area (Å²) in [6, 6.07) is 3.98. The van der Waals surface area contributed by atoms with E-state index < -0.39 is 12.0 Å². The van der Waals surface area contributed by atoms with Crippen molar-refractivity contribution in [2.24, 2.45) is 0 Å². The Morgan fingerprint density at radius 2 is 2.27 bits per heavy atom. The number of aliphatic carboxylic acids is 1. The second-order valence-corrected chi connectivity index (χ2v) is 3.71. The topological polar surface area (TPSA) is 49.3 Å². The van der Waals surface area contributed by atoms with Crippen LogP contribution in [0.3, 0.4) is 0 Å². The molecule has 0 aliphatic carbocycles. The van der Waals surface area contributed by atoms with Crippen LogP contribution in [0.5, 0.6) is 0 Å². The van der Waals surface area contributed by atoms with Crippen molar-refractivity contribution in [3.05, 3.63) is 35.1 Å². The first-order chi connectivity index (χ1) is 7.16. The van der Waals surface area contributed by atoms with Gasteiger partial charge in [0, 0.05) is 0 Å². The molecule has 1 atom stereocenters. The highest BCUT2D eigenvalue weighted by Crippen LogP contribution is 2.16. The first-order valence-electron chi connectivity index (χ1n) is 4.90. The van der Waals surface area contributed by atoms with E-state index in [2.05, 4.69) is 5.32 Å². The molecular weight excluding hydrogens is 197 g/mol. The highest BCUT2D eigenvalue weighted by Gasteiger charge is 2.21. The molecule has 1 aromatic rings. The minimum absolute atomic E-state index is 0.262. The lowest BCUT2D eigenvalue weighted by atomic mass is 10.0. The summed E-state index contributed by atoms with van der Waals surface area (Å²) in [5.41, 5.74) is 1.83. The van der Waals surface area contributed by atoms with Gasteiger partial charge in [0.25, 0.3) is 0 Å². The lowest BCUT2D eigenvalue weighted by Crippen LogP contribution is -2.37. The Balaban J connectivity index is 2.29. The van der Waals surface area contributed by atoms with Crippen LogP contribution in [0.15, 0.2) is 18.2 Å². The van der Waals surface area contributed by atoms with Crippen LogP contribution in [-0.2, 0) is 17.6 Å². The molecule has 0 saturated carbocycles. The second kappa shape index (κ2) is 3.98. The van der Waals surface area contributed by atoms with E-state index in [4.69, 9.17) is 5.11 Å². The quantitative estimate of drug-likeness (QED) is 0.724. The molecule has 0 spiro atoms. The number of carboxylic acid groups (broad SMARTS) is 1. The number of carbonyl (C=O) groups is 1. The fourth-order valence-corrected chi connectivity index (χ4v) is 1.87. The molecule has 1 unspecified atom stereocenters. The van der Waals surface area contributed by atoms with Crippen molar-refractivity contribution in [2.45, 2.75) is 18.9 Å². The first kappa shape index (κ1) is 10.1. The van der Waals surface area contributed by atoms with Gasteiger partial charge in [0.2, 0.25) is 0 Å². The highest BCUT2D eigenvalue weighted by molar-refractivity contribution is 5.74. The van der Waals surface area contributed by atoms with Gasteiger partial charge in [0.15, 0.2) is 0 Å². The molecule has 0 aromatic heterocycles. The van der Waals surface area contributed by atoms with Crippen molar-refractivity contribution in [2.75, 3.05) is 6.54 Å². The summed E-state index contributed by atoms with van der Waals surface area (Å²) >= 11 is 0. The molecule has 1 heterocycles. The molecule has 0 bridgehead atoms. The Morgan fingerprint density at radius 1 is 1.47 bits per heavy atom. The van der Waals surface area contributed by atoms with E-state index in [1.807, 2.05) is 0 Å². The van der Waals surface area contributed by atoms with E-state index in [0.717, 1.165) is 11.1 Å². The number of hydrogen-bond donors (Lipinski definition) is 2. The average Bonchev–Trinajstić information content (AvgIpc) is 2.39. The van der Waals surface area contributed by atoms with Crippen LogP contribution in [0.25, 0.3) is 0 Å². The van der Waals surface area contributed by atoms with Crippen LogP contribution >= 0.6 is 0 Å². The van der Waals surface area contributed by atoms with Gasteiger partial charge in [-0.05, 0) is 42.6 Å². The van der Waals surface area contributed by atoms with E-state index in [1.165, 1.54) is 12.1 Å². The lowest BCUT2D eigenvalue weighted by Gasteiger charge is -2.10. The fraction of sp³-hybridized carbons (Fsp3) is 0.364. The summed E-state index contributed by atoms with van der Waals surface area (Å²) in [6.45, 7) is 0.577. The van der Waals surface area contributed by atoms with Crippen LogP contribution in [0.2, 0.25) is 0 Å². The van der Waals surface area contributed by atoms with Gasteiger partial charge >= 0.3 is 5.97 Å². The maximum absolute atomic E-state index is 12.9. The first-order valence-corrected chi connectivity index (χ1v) is 4.90. The molecule has 2 N–H and O–H groups in total. The van der Waals surface area contributed by atoms with Gasteiger partial charge in [0.05, 0.1) is 0 Å². The SMILES string of the molecule is O=C(O)C1Cc2ccc(F)cc2CCN1. The predicted molar refractivity (Wildman–Crippen MR) is 53.2 cm³/mol. The smallest absolute Gasteiger partial charge is 0.321 e. The normalized spacial score (nSPS) is 20.5. The summed E-state index contributed by atoms with van der Waals surface area (Å²) in [7, 11) is 0. The molecule has 80 valence electrons. The zero-order chi connectivity index (χ0) is 10.8. The minimum Gasteiger partial charge on any atom is -0.480 e. The third kappa shape index (κ3) is 2.15. The molecule has 0 radical (unpaired) electrons. The molecule has 4 heteroatoms. The molecule has 3 nitrogen and oxygen atoms in total. The van der Waals surface area contributed by atoms with Crippen molar-refractivity contribution < 1.29 is 14.3 Å². The van der Waals surface area contributed by atoms with Crippen LogP contribution < -0.4 is 5.32 Å². The van der Waals surface area contributed by atoms with Gasteiger partial charge in [-0.1, -0.05) is 6.07 Å². The standard InChI is InChI=1S/C11H12FNO2/c12-9-2-1-7-6-10(11(14)15)13-4-3-8(7)5-9/h1-2,5,10,13H,3-4,6H2,(H,14,15). The van der Waals surface area contributed by atoms with Crippen LogP contribution in [0, 0.1) is 5.82 Å². The lowest BCUT2D eigenvalue weighted by molar-refractivity contribution is -0.139. The largest absolute Gasteiger partial charge is 0.480 e. The predicted octanol–water partition coefficient (Wildman–Crippen LogP) is 0.967. The zero-order valence-electron chi connectivity index (χ0n) is 8.16. The molecule has 15 heavy (non-hydrogen) atoms. The van der Waals surface area contributed by atoms with Crippen molar-refractivity contribution in [3.63, 3.8) is 0 Å². The van der Waals surface area contributed by atoms with Gasteiger partial charge < -0.3 is 10.4 Å². The third-order valence-electron chi connectivity index (χ3n) is 2.68. The fourth-order valence-electron chi connectivity index (χ4n) is 1.87. The molecule has 0 fully saturated rings. The number of halogens is 1. The minimum atomic E-state index is -0.854. The maximum atomic E-state index is 12.9. The van der Waals surface area contributed by atoms with Gasteiger partial charge in [0.1, 0.15) is 11.9 Å². The summed E-state index contributed by atoms with van der Waals surface area (Å²) in [5.74, 6) is -1.12. The van der Waals surface area contributed by atoms with Gasteiger partial charge in [-0.25, -0.2) is 4.39 Å². The number of rotatable bonds is 1. The molecule has 1 aromatic carbocycles. The van der Waals surface area contributed by atoms with E-state index >= 15 is 0 Å². The Hall–Kier alpha value is -1.42. The van der Waals surface area contributed by atoms with E-state index in [-0.39, 0.29) is 5.82 Å². The van der Waals surface area contributed by atoms with Crippen LogP contribution in [0.1, 0.15) is 11.1 Å². The van der Waals surface area contributed by atoms with Crippen molar-refractivity contribution in [1.29, 1.82) is 0 Å². The molecule has 2 rings (SSSR count). The summed E-state index contributed by atoms with van der Waals surface area (Å²) in [6.07, 6.45) is 1.10. The van der Waals surface area contributed by atoms with E-state index in [1.54, 1.807) is 6.07 Å². The Labute approximate surface area is 86.9 Å². The maximum Gasteiger partial charge on any atom is 0.321 e. The molecule has 1 aliphatic heterocycles. The molecule has 0 amide bonds. The number of carboxylic acids is 1. The number of benzene rings is 1. The zero-order valence-corrected chi connectivity index (χ0v) is 8.16. The third-order valence-corrected chi connectivity index (χ3v) is 2.68.